The summed E-state index contributed by atoms with van der Waals surface area (Å²) in [6.07, 6.45) is -0.771. The van der Waals surface area contributed by atoms with Crippen LogP contribution in [0.4, 0.5) is 5.69 Å². The largest absolute Gasteiger partial charge is 0.490 e. The van der Waals surface area contributed by atoms with Crippen molar-refractivity contribution in [2.24, 2.45) is 0 Å². The summed E-state index contributed by atoms with van der Waals surface area (Å²) in [6, 6.07) is 12.3. The summed E-state index contributed by atoms with van der Waals surface area (Å²) in [5.74, 6) is 1.15. The summed E-state index contributed by atoms with van der Waals surface area (Å²) in [4.78, 5) is 0. The first-order valence-electron chi connectivity index (χ1n) is 6.29. The molecule has 3 N–H and O–H groups in total. The predicted molar refractivity (Wildman–Crippen MR) is 87.0 cm³/mol. The summed E-state index contributed by atoms with van der Waals surface area (Å²) in [6.45, 7) is 0.201. The van der Waals surface area contributed by atoms with Gasteiger partial charge in [-0.1, -0.05) is 23.7 Å². The lowest BCUT2D eigenvalue weighted by Gasteiger charge is -2.15. The van der Waals surface area contributed by atoms with E-state index in [1.54, 1.807) is 30.3 Å². The van der Waals surface area contributed by atoms with Gasteiger partial charge < -0.3 is 20.3 Å². The molecule has 0 heterocycles. The van der Waals surface area contributed by atoms with Crippen LogP contribution in [0.5, 0.6) is 11.5 Å². The molecule has 0 saturated carbocycles. The Balaban J connectivity index is 1.82. The zero-order chi connectivity index (χ0) is 15.2. The molecule has 0 bridgehead atoms. The van der Waals surface area contributed by atoms with Crippen molar-refractivity contribution in [1.82, 2.24) is 0 Å². The summed E-state index contributed by atoms with van der Waals surface area (Å²) in [5.41, 5.74) is 6.28. The fourth-order valence-electron chi connectivity index (χ4n) is 1.62. The van der Waals surface area contributed by atoms with Crippen LogP contribution in [0.3, 0.4) is 0 Å². The average Bonchev–Trinajstić information content (AvgIpc) is 2.45. The Kier molecular flexibility index (Phi) is 5.73. The van der Waals surface area contributed by atoms with E-state index in [1.165, 1.54) is 0 Å². The Morgan fingerprint density at radius 3 is 2.43 bits per heavy atom. The molecule has 2 aromatic rings. The SMILES string of the molecule is Nc1ccccc1OCC(O)COc1ccc(Cl)cc1Br. The second kappa shape index (κ2) is 7.54. The molecule has 21 heavy (non-hydrogen) atoms. The van der Waals surface area contributed by atoms with Gasteiger partial charge in [0.2, 0.25) is 0 Å². The lowest BCUT2D eigenvalue weighted by atomic mass is 10.3. The molecular formula is C15H15BrClNO3. The highest BCUT2D eigenvalue weighted by Crippen LogP contribution is 2.28. The molecule has 0 saturated heterocycles. The van der Waals surface area contributed by atoms with E-state index in [9.17, 15) is 5.11 Å². The van der Waals surface area contributed by atoms with Crippen molar-refractivity contribution >= 4 is 33.2 Å². The van der Waals surface area contributed by atoms with Gasteiger partial charge in [-0.25, -0.2) is 0 Å². The molecule has 0 aliphatic carbocycles. The van der Waals surface area contributed by atoms with Gasteiger partial charge in [-0.2, -0.15) is 0 Å². The van der Waals surface area contributed by atoms with E-state index in [1.807, 2.05) is 12.1 Å². The number of hydrogen-bond donors (Lipinski definition) is 2. The highest BCUT2D eigenvalue weighted by atomic mass is 79.9. The molecule has 0 aliphatic rings. The molecular weight excluding hydrogens is 358 g/mol. The molecule has 1 atom stereocenters. The van der Waals surface area contributed by atoms with Crippen LogP contribution in [-0.2, 0) is 0 Å². The zero-order valence-corrected chi connectivity index (χ0v) is 13.5. The van der Waals surface area contributed by atoms with Crippen LogP contribution in [0.1, 0.15) is 0 Å². The number of aliphatic hydroxyl groups is 1. The maximum absolute atomic E-state index is 9.88. The van der Waals surface area contributed by atoms with Gasteiger partial charge in [0.1, 0.15) is 30.8 Å². The Morgan fingerprint density at radius 2 is 1.76 bits per heavy atom. The highest BCUT2D eigenvalue weighted by molar-refractivity contribution is 9.10. The number of nitrogen functional groups attached to an aromatic ring is 1. The molecule has 4 nitrogen and oxygen atoms in total. The normalized spacial score (nSPS) is 12.0. The van der Waals surface area contributed by atoms with E-state index >= 15 is 0 Å². The van der Waals surface area contributed by atoms with Crippen LogP contribution in [0.25, 0.3) is 0 Å². The van der Waals surface area contributed by atoms with E-state index in [-0.39, 0.29) is 13.2 Å². The van der Waals surface area contributed by atoms with Crippen molar-refractivity contribution in [2.45, 2.75) is 6.10 Å². The molecule has 0 aliphatic heterocycles. The fraction of sp³-hybridized carbons (Fsp3) is 0.200. The topological polar surface area (TPSA) is 64.7 Å². The molecule has 2 rings (SSSR count). The minimum Gasteiger partial charge on any atom is -0.490 e. The van der Waals surface area contributed by atoms with Crippen LogP contribution in [0.15, 0.2) is 46.9 Å². The van der Waals surface area contributed by atoms with E-state index in [2.05, 4.69) is 15.9 Å². The fourth-order valence-corrected chi connectivity index (χ4v) is 2.42. The van der Waals surface area contributed by atoms with Gasteiger partial charge in [-0.3, -0.25) is 0 Å². The zero-order valence-electron chi connectivity index (χ0n) is 11.1. The summed E-state index contributed by atoms with van der Waals surface area (Å²) in [7, 11) is 0. The Labute approximate surface area is 136 Å². The van der Waals surface area contributed by atoms with Gasteiger partial charge in [0, 0.05) is 5.02 Å². The first-order valence-corrected chi connectivity index (χ1v) is 7.46. The van der Waals surface area contributed by atoms with Crippen LogP contribution in [0.2, 0.25) is 5.02 Å². The van der Waals surface area contributed by atoms with Crippen molar-refractivity contribution in [2.75, 3.05) is 18.9 Å². The van der Waals surface area contributed by atoms with Crippen LogP contribution >= 0.6 is 27.5 Å². The standard InChI is InChI=1S/C15H15BrClNO3/c16-12-7-10(17)5-6-14(12)20-8-11(19)9-21-15-4-2-1-3-13(15)18/h1-7,11,19H,8-9,18H2. The Bertz CT molecular complexity index is 609. The number of hydrogen-bond acceptors (Lipinski definition) is 4. The van der Waals surface area contributed by atoms with Gasteiger partial charge in [-0.05, 0) is 46.3 Å². The maximum atomic E-state index is 9.88. The summed E-state index contributed by atoms with van der Waals surface area (Å²) >= 11 is 9.19. The minimum absolute atomic E-state index is 0.0966. The van der Waals surface area contributed by atoms with Crippen LogP contribution < -0.4 is 15.2 Å². The van der Waals surface area contributed by atoms with E-state index in [4.69, 9.17) is 26.8 Å². The van der Waals surface area contributed by atoms with Crippen LogP contribution in [-0.4, -0.2) is 24.4 Å². The van der Waals surface area contributed by atoms with E-state index < -0.39 is 6.10 Å². The van der Waals surface area contributed by atoms with Gasteiger partial charge in [0.25, 0.3) is 0 Å². The first-order chi connectivity index (χ1) is 10.1. The third kappa shape index (κ3) is 4.81. The number of halogens is 2. The lowest BCUT2D eigenvalue weighted by Crippen LogP contribution is -2.25. The quantitative estimate of drug-likeness (QED) is 0.762. The van der Waals surface area contributed by atoms with Gasteiger partial charge in [0.05, 0.1) is 10.2 Å². The third-order valence-electron chi connectivity index (χ3n) is 2.68. The Hall–Kier alpha value is -1.43. The van der Waals surface area contributed by atoms with Crippen LogP contribution in [0, 0.1) is 0 Å². The number of benzene rings is 2. The molecule has 0 spiro atoms. The number of ether oxygens (including phenoxy) is 2. The second-order valence-electron chi connectivity index (χ2n) is 4.39. The molecule has 0 fully saturated rings. The van der Waals surface area contributed by atoms with Crippen molar-refractivity contribution in [3.8, 4) is 11.5 Å². The predicted octanol–water partition coefficient (Wildman–Crippen LogP) is 3.50. The van der Waals surface area contributed by atoms with E-state index in [0.29, 0.717) is 22.2 Å². The van der Waals surface area contributed by atoms with Crippen molar-refractivity contribution in [1.29, 1.82) is 0 Å². The number of nitrogens with two attached hydrogens (primary N) is 1. The molecule has 6 heteroatoms. The number of rotatable bonds is 6. The molecule has 0 aromatic heterocycles. The van der Waals surface area contributed by atoms with Gasteiger partial charge in [-0.15, -0.1) is 0 Å². The summed E-state index contributed by atoms with van der Waals surface area (Å²) in [5, 5.41) is 10.5. The number of aliphatic hydroxyl groups excluding tert-OH is 1. The molecule has 1 unspecified atom stereocenters. The van der Waals surface area contributed by atoms with Crippen molar-refractivity contribution in [3.63, 3.8) is 0 Å². The Morgan fingerprint density at radius 1 is 1.10 bits per heavy atom. The average molecular weight is 373 g/mol. The molecule has 2 aromatic carbocycles. The monoisotopic (exact) mass is 371 g/mol. The highest BCUT2D eigenvalue weighted by Gasteiger charge is 2.09. The molecule has 0 amide bonds. The van der Waals surface area contributed by atoms with Gasteiger partial charge >= 0.3 is 0 Å². The summed E-state index contributed by atoms with van der Waals surface area (Å²) < 4.78 is 11.7. The minimum atomic E-state index is -0.771. The molecule has 112 valence electrons. The van der Waals surface area contributed by atoms with Gasteiger partial charge in [0.15, 0.2) is 0 Å². The first kappa shape index (κ1) is 15.9. The number of anilines is 1. The second-order valence-corrected chi connectivity index (χ2v) is 5.68. The third-order valence-corrected chi connectivity index (χ3v) is 3.53. The van der Waals surface area contributed by atoms with E-state index in [0.717, 1.165) is 4.47 Å². The maximum Gasteiger partial charge on any atom is 0.142 e. The smallest absolute Gasteiger partial charge is 0.142 e. The number of para-hydroxylation sites is 2. The van der Waals surface area contributed by atoms with Crippen molar-refractivity contribution < 1.29 is 14.6 Å². The lowest BCUT2D eigenvalue weighted by molar-refractivity contribution is 0.0626. The molecule has 0 radical (unpaired) electrons. The van der Waals surface area contributed by atoms with Crippen molar-refractivity contribution in [3.05, 3.63) is 52.0 Å².